The first-order valence-corrected chi connectivity index (χ1v) is 9.78. The number of anilines is 1. The number of imide groups is 1. The molecule has 140 valence electrons. The second-order valence-corrected chi connectivity index (χ2v) is 7.89. The number of hydrogen-bond donors (Lipinski definition) is 1. The number of amides is 2. The lowest BCUT2D eigenvalue weighted by Gasteiger charge is -2.28. The summed E-state index contributed by atoms with van der Waals surface area (Å²) in [5, 5.41) is 5.18. The van der Waals surface area contributed by atoms with Crippen molar-refractivity contribution in [1.29, 1.82) is 0 Å². The number of nitrogens with zero attached hydrogens (tertiary/aromatic N) is 1. The molecule has 2 saturated heterocycles. The van der Waals surface area contributed by atoms with Gasteiger partial charge in [0.2, 0.25) is 11.8 Å². The van der Waals surface area contributed by atoms with Gasteiger partial charge in [-0.05, 0) is 37.4 Å². The fraction of sp³-hybridized carbons (Fsp3) is 0.350. The first-order chi connectivity index (χ1) is 13.0. The number of carbonyl (C=O) groups is 3. The van der Waals surface area contributed by atoms with Crippen LogP contribution in [0.2, 0.25) is 0 Å². The van der Waals surface area contributed by atoms with Crippen LogP contribution < -0.4 is 10.2 Å². The molecule has 7 heteroatoms. The van der Waals surface area contributed by atoms with E-state index in [9.17, 15) is 14.4 Å². The maximum atomic E-state index is 13.3. The summed E-state index contributed by atoms with van der Waals surface area (Å²) in [6, 6.07) is 12.3. The quantitative estimate of drug-likeness (QED) is 0.648. The van der Waals surface area contributed by atoms with Crippen molar-refractivity contribution in [2.24, 2.45) is 11.8 Å². The highest BCUT2D eigenvalue weighted by molar-refractivity contribution is 7.10. The van der Waals surface area contributed by atoms with Crippen LogP contribution in [0.15, 0.2) is 47.8 Å². The summed E-state index contributed by atoms with van der Waals surface area (Å²) in [7, 11) is 0. The Morgan fingerprint density at radius 3 is 2.56 bits per heavy atom. The topological polar surface area (TPSA) is 75.7 Å². The highest BCUT2D eigenvalue weighted by Gasteiger charge is 2.67. The van der Waals surface area contributed by atoms with E-state index in [1.54, 1.807) is 38.1 Å². The third-order valence-electron chi connectivity index (χ3n) is 5.35. The molecule has 0 radical (unpaired) electrons. The summed E-state index contributed by atoms with van der Waals surface area (Å²) in [5.74, 6) is -2.61. The normalized spacial score (nSPS) is 29.9. The molecule has 27 heavy (non-hydrogen) atoms. The van der Waals surface area contributed by atoms with Crippen LogP contribution in [0, 0.1) is 11.8 Å². The number of esters is 1. The van der Waals surface area contributed by atoms with E-state index in [4.69, 9.17) is 4.74 Å². The lowest BCUT2D eigenvalue weighted by atomic mass is 9.81. The van der Waals surface area contributed by atoms with E-state index >= 15 is 0 Å². The van der Waals surface area contributed by atoms with Crippen molar-refractivity contribution in [3.63, 3.8) is 0 Å². The van der Waals surface area contributed by atoms with Gasteiger partial charge in [-0.2, -0.15) is 0 Å². The zero-order valence-corrected chi connectivity index (χ0v) is 15.9. The van der Waals surface area contributed by atoms with Gasteiger partial charge in [-0.1, -0.05) is 24.3 Å². The number of benzene rings is 1. The van der Waals surface area contributed by atoms with Gasteiger partial charge in [0.15, 0.2) is 0 Å². The minimum atomic E-state index is -1.26. The average molecular weight is 384 g/mol. The van der Waals surface area contributed by atoms with Gasteiger partial charge in [0.1, 0.15) is 5.54 Å². The van der Waals surface area contributed by atoms with E-state index in [0.717, 1.165) is 4.88 Å². The molecular formula is C20H20N2O4S. The molecule has 0 unspecified atom stereocenters. The van der Waals surface area contributed by atoms with E-state index < -0.39 is 29.4 Å². The lowest BCUT2D eigenvalue weighted by molar-refractivity contribution is -0.153. The number of hydrogen-bond acceptors (Lipinski definition) is 6. The largest absolute Gasteiger partial charge is 0.465 e. The van der Waals surface area contributed by atoms with Crippen LogP contribution in [0.4, 0.5) is 5.69 Å². The highest BCUT2D eigenvalue weighted by Crippen LogP contribution is 2.50. The van der Waals surface area contributed by atoms with Crippen molar-refractivity contribution in [1.82, 2.24) is 5.32 Å². The SMILES string of the molecule is CCOC(=O)[C@]1(C)N[C@H](c2cccs2)[C@H]2C(=O)N(c3ccccc3)C(=O)[C@H]21. The first kappa shape index (κ1) is 17.9. The van der Waals surface area contributed by atoms with Gasteiger partial charge in [-0.3, -0.25) is 19.7 Å². The second-order valence-electron chi connectivity index (χ2n) is 6.91. The zero-order valence-electron chi connectivity index (χ0n) is 15.0. The third kappa shape index (κ3) is 2.61. The van der Waals surface area contributed by atoms with Crippen LogP contribution in [0.25, 0.3) is 0 Å². The summed E-state index contributed by atoms with van der Waals surface area (Å²) in [5.41, 5.74) is -0.732. The van der Waals surface area contributed by atoms with Gasteiger partial charge >= 0.3 is 5.97 Å². The van der Waals surface area contributed by atoms with E-state index in [0.29, 0.717) is 5.69 Å². The number of carbonyl (C=O) groups excluding carboxylic acids is 3. The smallest absolute Gasteiger partial charge is 0.326 e. The molecule has 2 aliphatic heterocycles. The lowest BCUT2D eigenvalue weighted by Crippen LogP contribution is -2.54. The van der Waals surface area contributed by atoms with E-state index in [1.165, 1.54) is 16.2 Å². The molecule has 2 amide bonds. The second kappa shape index (κ2) is 6.58. The molecule has 4 rings (SSSR count). The van der Waals surface area contributed by atoms with Crippen LogP contribution in [0.1, 0.15) is 24.8 Å². The Kier molecular flexibility index (Phi) is 4.36. The molecule has 2 aromatic rings. The van der Waals surface area contributed by atoms with E-state index in [2.05, 4.69) is 5.32 Å². The Bertz CT molecular complexity index is 883. The number of fused-ring (bicyclic) bond motifs is 1. The molecule has 3 heterocycles. The van der Waals surface area contributed by atoms with Gasteiger partial charge in [0.05, 0.1) is 30.2 Å². The predicted molar refractivity (Wildman–Crippen MR) is 101 cm³/mol. The molecule has 4 atom stereocenters. The molecule has 1 N–H and O–H groups in total. The van der Waals surface area contributed by atoms with Crippen LogP contribution >= 0.6 is 11.3 Å². The predicted octanol–water partition coefficient (Wildman–Crippen LogP) is 2.52. The Morgan fingerprint density at radius 2 is 1.93 bits per heavy atom. The molecule has 0 spiro atoms. The van der Waals surface area contributed by atoms with Crippen LogP contribution in [0.5, 0.6) is 0 Å². The average Bonchev–Trinajstić information content (AvgIpc) is 3.34. The van der Waals surface area contributed by atoms with Gasteiger partial charge in [0.25, 0.3) is 0 Å². The van der Waals surface area contributed by atoms with Crippen LogP contribution in [-0.2, 0) is 19.1 Å². The summed E-state index contributed by atoms with van der Waals surface area (Å²) in [6.45, 7) is 3.60. The molecule has 0 bridgehead atoms. The molecule has 2 aliphatic rings. The number of para-hydroxylation sites is 1. The van der Waals surface area contributed by atoms with Crippen molar-refractivity contribution in [2.45, 2.75) is 25.4 Å². The molecule has 0 aliphatic carbocycles. The van der Waals surface area contributed by atoms with E-state index in [-0.39, 0.29) is 18.4 Å². The molecule has 1 aromatic heterocycles. The van der Waals surface area contributed by atoms with Gasteiger partial charge in [-0.15, -0.1) is 11.3 Å². The van der Waals surface area contributed by atoms with Crippen LogP contribution in [-0.4, -0.2) is 29.9 Å². The number of nitrogens with one attached hydrogen (secondary N) is 1. The summed E-state index contributed by atoms with van der Waals surface area (Å²) in [6.07, 6.45) is 0. The maximum Gasteiger partial charge on any atom is 0.326 e. The highest BCUT2D eigenvalue weighted by atomic mass is 32.1. The first-order valence-electron chi connectivity index (χ1n) is 8.90. The Labute approximate surface area is 161 Å². The van der Waals surface area contributed by atoms with Gasteiger partial charge < -0.3 is 4.74 Å². The Morgan fingerprint density at radius 1 is 1.19 bits per heavy atom. The minimum absolute atomic E-state index is 0.210. The Hall–Kier alpha value is -2.51. The number of rotatable bonds is 4. The summed E-state index contributed by atoms with van der Waals surface area (Å²) >= 11 is 1.50. The summed E-state index contributed by atoms with van der Waals surface area (Å²) in [4.78, 5) is 41.5. The van der Waals surface area contributed by atoms with Crippen molar-refractivity contribution < 1.29 is 19.1 Å². The van der Waals surface area contributed by atoms with E-state index in [1.807, 2.05) is 23.6 Å². The summed E-state index contributed by atoms with van der Waals surface area (Å²) < 4.78 is 5.25. The minimum Gasteiger partial charge on any atom is -0.465 e. The maximum absolute atomic E-state index is 13.3. The third-order valence-corrected chi connectivity index (χ3v) is 6.31. The van der Waals surface area contributed by atoms with Gasteiger partial charge in [-0.25, -0.2) is 4.90 Å². The fourth-order valence-electron chi connectivity index (χ4n) is 4.15. The molecule has 2 fully saturated rings. The Balaban J connectivity index is 1.81. The van der Waals surface area contributed by atoms with Crippen molar-refractivity contribution in [3.05, 3.63) is 52.7 Å². The van der Waals surface area contributed by atoms with Crippen molar-refractivity contribution >= 4 is 34.8 Å². The fourth-order valence-corrected chi connectivity index (χ4v) is 4.97. The standard InChI is InChI=1S/C20H20N2O4S/c1-3-26-19(25)20(2)15-14(16(21-20)13-10-7-11-27-13)17(23)22(18(15)24)12-8-5-4-6-9-12/h4-11,14-16,21H,3H2,1-2H3/t14-,15-,16+,20+/m0/s1. The van der Waals surface area contributed by atoms with Crippen molar-refractivity contribution in [2.75, 3.05) is 11.5 Å². The number of ether oxygens (including phenoxy) is 1. The number of thiophene rings is 1. The molecule has 6 nitrogen and oxygen atoms in total. The zero-order chi connectivity index (χ0) is 19.2. The molecule has 1 aromatic carbocycles. The monoisotopic (exact) mass is 384 g/mol. The van der Waals surface area contributed by atoms with Crippen LogP contribution in [0.3, 0.4) is 0 Å². The molecular weight excluding hydrogens is 364 g/mol. The van der Waals surface area contributed by atoms with Gasteiger partial charge in [0, 0.05) is 4.88 Å². The molecule has 0 saturated carbocycles. The van der Waals surface area contributed by atoms with Crippen molar-refractivity contribution in [3.8, 4) is 0 Å².